The number of hydrogen-bond donors (Lipinski definition) is 2. The standard InChI is InChI=1S/C21H22FN5O.2ClH/c22-16-6-4-15(5-7-16)14-27(12-9-17-3-1-2-10-24-17)21(28)20-18-13-23-11-8-19(18)25-26-20;;/h1-7,10,23H,8-9,11-14H2,(H,25,26);2*1H. The molecular weight excluding hydrogens is 428 g/mol. The summed E-state index contributed by atoms with van der Waals surface area (Å²) >= 11 is 0. The number of rotatable bonds is 6. The van der Waals surface area contributed by atoms with Gasteiger partial charge in [-0.3, -0.25) is 14.9 Å². The highest BCUT2D eigenvalue weighted by Gasteiger charge is 2.25. The Labute approximate surface area is 187 Å². The number of H-pyrrole nitrogens is 1. The highest BCUT2D eigenvalue weighted by atomic mass is 35.5. The number of benzene rings is 1. The molecule has 1 amide bonds. The van der Waals surface area contributed by atoms with Gasteiger partial charge in [-0.25, -0.2) is 4.39 Å². The molecule has 1 aromatic carbocycles. The third-order valence-electron chi connectivity index (χ3n) is 4.95. The van der Waals surface area contributed by atoms with Gasteiger partial charge < -0.3 is 10.2 Å². The Morgan fingerprint density at radius 3 is 2.67 bits per heavy atom. The van der Waals surface area contributed by atoms with Crippen LogP contribution in [0.1, 0.15) is 33.0 Å². The fourth-order valence-electron chi connectivity index (χ4n) is 3.41. The van der Waals surface area contributed by atoms with Crippen LogP contribution in [0.2, 0.25) is 0 Å². The first-order chi connectivity index (χ1) is 13.7. The maximum absolute atomic E-state index is 13.3. The van der Waals surface area contributed by atoms with Crippen LogP contribution >= 0.6 is 24.8 Å². The number of carbonyl (C=O) groups is 1. The second-order valence-corrected chi connectivity index (χ2v) is 6.88. The van der Waals surface area contributed by atoms with Crippen molar-refractivity contribution in [3.8, 4) is 0 Å². The van der Waals surface area contributed by atoms with E-state index >= 15 is 0 Å². The summed E-state index contributed by atoms with van der Waals surface area (Å²) in [7, 11) is 0. The molecule has 1 aliphatic heterocycles. The van der Waals surface area contributed by atoms with E-state index in [0.717, 1.165) is 35.5 Å². The van der Waals surface area contributed by atoms with Crippen molar-refractivity contribution in [1.82, 2.24) is 25.4 Å². The average molecular weight is 452 g/mol. The molecule has 2 N–H and O–H groups in total. The normalized spacial score (nSPS) is 12.3. The third kappa shape index (κ3) is 5.56. The zero-order valence-corrected chi connectivity index (χ0v) is 17.9. The van der Waals surface area contributed by atoms with Gasteiger partial charge in [0.1, 0.15) is 5.82 Å². The number of aromatic amines is 1. The van der Waals surface area contributed by atoms with Crippen molar-refractivity contribution in [3.05, 3.63) is 82.7 Å². The highest BCUT2D eigenvalue weighted by Crippen LogP contribution is 2.19. The Hall–Kier alpha value is -2.48. The zero-order chi connectivity index (χ0) is 19.3. The monoisotopic (exact) mass is 451 g/mol. The predicted octanol–water partition coefficient (Wildman–Crippen LogP) is 3.32. The van der Waals surface area contributed by atoms with E-state index in [4.69, 9.17) is 0 Å². The number of nitrogens with zero attached hydrogens (tertiary/aromatic N) is 3. The molecule has 9 heteroatoms. The van der Waals surface area contributed by atoms with Crippen LogP contribution in [0.5, 0.6) is 0 Å². The summed E-state index contributed by atoms with van der Waals surface area (Å²) in [5.74, 6) is -0.413. The zero-order valence-electron chi connectivity index (χ0n) is 16.3. The molecule has 0 aliphatic carbocycles. The first-order valence-corrected chi connectivity index (χ1v) is 9.41. The SMILES string of the molecule is Cl.Cl.O=C(c1n[nH]c2c1CNCC2)N(CCc1ccccn1)Cc1ccc(F)cc1. The van der Waals surface area contributed by atoms with Gasteiger partial charge in [-0.1, -0.05) is 18.2 Å². The molecule has 3 heterocycles. The summed E-state index contributed by atoms with van der Waals surface area (Å²) in [4.78, 5) is 19.4. The highest BCUT2D eigenvalue weighted by molar-refractivity contribution is 5.94. The predicted molar refractivity (Wildman–Crippen MR) is 118 cm³/mol. The van der Waals surface area contributed by atoms with E-state index in [1.54, 1.807) is 23.2 Å². The minimum Gasteiger partial charge on any atom is -0.333 e. The van der Waals surface area contributed by atoms with Gasteiger partial charge in [0.2, 0.25) is 0 Å². The fraction of sp³-hybridized carbons (Fsp3) is 0.286. The van der Waals surface area contributed by atoms with Crippen LogP contribution in [0, 0.1) is 5.82 Å². The third-order valence-corrected chi connectivity index (χ3v) is 4.95. The number of carbonyl (C=O) groups excluding carboxylic acids is 1. The Morgan fingerprint density at radius 1 is 1.13 bits per heavy atom. The van der Waals surface area contributed by atoms with Gasteiger partial charge in [0.05, 0.1) is 0 Å². The van der Waals surface area contributed by atoms with E-state index in [1.807, 2.05) is 18.2 Å². The minimum atomic E-state index is -0.289. The quantitative estimate of drug-likeness (QED) is 0.602. The maximum Gasteiger partial charge on any atom is 0.275 e. The van der Waals surface area contributed by atoms with Gasteiger partial charge in [0.15, 0.2) is 5.69 Å². The Morgan fingerprint density at radius 2 is 1.93 bits per heavy atom. The molecule has 0 atom stereocenters. The van der Waals surface area contributed by atoms with Gasteiger partial charge in [-0.2, -0.15) is 5.10 Å². The van der Waals surface area contributed by atoms with E-state index in [2.05, 4.69) is 20.5 Å². The Balaban J connectivity index is 0.00000160. The number of hydrogen-bond acceptors (Lipinski definition) is 4. The van der Waals surface area contributed by atoms with Gasteiger partial charge in [0.25, 0.3) is 5.91 Å². The lowest BCUT2D eigenvalue weighted by Crippen LogP contribution is -2.34. The lowest BCUT2D eigenvalue weighted by Gasteiger charge is -2.23. The van der Waals surface area contributed by atoms with Crippen LogP contribution in [-0.2, 0) is 25.9 Å². The van der Waals surface area contributed by atoms with Gasteiger partial charge >= 0.3 is 0 Å². The number of nitrogens with one attached hydrogen (secondary N) is 2. The van der Waals surface area contributed by atoms with Crippen LogP contribution in [0.4, 0.5) is 4.39 Å². The molecular formula is C21H24Cl2FN5O. The van der Waals surface area contributed by atoms with Gasteiger partial charge in [-0.15, -0.1) is 24.8 Å². The first-order valence-electron chi connectivity index (χ1n) is 9.41. The van der Waals surface area contributed by atoms with E-state index < -0.39 is 0 Å². The van der Waals surface area contributed by atoms with Crippen molar-refractivity contribution in [3.63, 3.8) is 0 Å². The van der Waals surface area contributed by atoms with Gasteiger partial charge in [-0.05, 0) is 29.8 Å². The molecule has 0 unspecified atom stereocenters. The number of pyridine rings is 1. The summed E-state index contributed by atoms with van der Waals surface area (Å²) in [6, 6.07) is 12.0. The van der Waals surface area contributed by atoms with Gasteiger partial charge in [0, 0.05) is 62.2 Å². The molecule has 0 radical (unpaired) electrons. The molecule has 1 aliphatic rings. The van der Waals surface area contributed by atoms with E-state index in [-0.39, 0.29) is 36.5 Å². The van der Waals surface area contributed by atoms with Crippen molar-refractivity contribution in [2.75, 3.05) is 13.1 Å². The molecule has 0 saturated carbocycles. The number of halogens is 3. The maximum atomic E-state index is 13.3. The largest absolute Gasteiger partial charge is 0.333 e. The van der Waals surface area contributed by atoms with Crippen LogP contribution in [0.3, 0.4) is 0 Å². The van der Waals surface area contributed by atoms with Crippen molar-refractivity contribution in [1.29, 1.82) is 0 Å². The number of amides is 1. The summed E-state index contributed by atoms with van der Waals surface area (Å²) < 4.78 is 13.3. The molecule has 0 bridgehead atoms. The summed E-state index contributed by atoms with van der Waals surface area (Å²) in [5, 5.41) is 10.6. The molecule has 160 valence electrons. The fourth-order valence-corrected chi connectivity index (χ4v) is 3.41. The molecule has 2 aromatic heterocycles. The molecule has 0 fully saturated rings. The summed E-state index contributed by atoms with van der Waals surface area (Å²) in [6.07, 6.45) is 3.22. The van der Waals surface area contributed by atoms with Crippen molar-refractivity contribution in [2.24, 2.45) is 0 Å². The molecule has 0 saturated heterocycles. The van der Waals surface area contributed by atoms with Crippen LogP contribution in [0.15, 0.2) is 48.7 Å². The van der Waals surface area contributed by atoms with Crippen molar-refractivity contribution in [2.45, 2.75) is 25.9 Å². The first kappa shape index (κ1) is 23.8. The second-order valence-electron chi connectivity index (χ2n) is 6.88. The lowest BCUT2D eigenvalue weighted by molar-refractivity contribution is 0.0737. The number of aromatic nitrogens is 3. The van der Waals surface area contributed by atoms with Crippen molar-refractivity contribution >= 4 is 30.7 Å². The van der Waals surface area contributed by atoms with Crippen LogP contribution in [0.25, 0.3) is 0 Å². The second kappa shape index (κ2) is 11.1. The topological polar surface area (TPSA) is 73.9 Å². The average Bonchev–Trinajstić information content (AvgIpc) is 3.17. The Kier molecular flexibility index (Phi) is 8.77. The lowest BCUT2D eigenvalue weighted by atomic mass is 10.1. The Bertz CT molecular complexity index is 950. The smallest absolute Gasteiger partial charge is 0.275 e. The minimum absolute atomic E-state index is 0. The molecule has 0 spiro atoms. The number of fused-ring (bicyclic) bond motifs is 1. The van der Waals surface area contributed by atoms with Crippen LogP contribution in [-0.4, -0.2) is 39.1 Å². The van der Waals surface area contributed by atoms with Crippen LogP contribution < -0.4 is 5.32 Å². The molecule has 3 aromatic rings. The molecule has 30 heavy (non-hydrogen) atoms. The van der Waals surface area contributed by atoms with Crippen molar-refractivity contribution < 1.29 is 9.18 Å². The van der Waals surface area contributed by atoms with E-state index in [0.29, 0.717) is 31.7 Å². The summed E-state index contributed by atoms with van der Waals surface area (Å²) in [6.45, 7) is 2.41. The molecule has 4 rings (SSSR count). The summed E-state index contributed by atoms with van der Waals surface area (Å²) in [5.41, 5.74) is 4.22. The van der Waals surface area contributed by atoms with E-state index in [1.165, 1.54) is 12.1 Å². The van der Waals surface area contributed by atoms with E-state index in [9.17, 15) is 9.18 Å². The molecule has 6 nitrogen and oxygen atoms in total.